The standard InChI is InChI=1S/C29H30N2O5/c1-19-6-2-5-9-24(19)31(29(34)21-12-15-25-26(18-21)36-17-16-35-25)27(20-10-13-23(32)14-11-20)28(33)30-22-7-3-4-8-22/h2,5-6,9-15,18,22,27,32H,3-4,7-8,16-17H2,1H3,(H,30,33). The van der Waals surface area contributed by atoms with Crippen molar-refractivity contribution in [1.29, 1.82) is 0 Å². The Morgan fingerprint density at radius 2 is 1.64 bits per heavy atom. The summed E-state index contributed by atoms with van der Waals surface area (Å²) in [6.45, 7) is 2.79. The molecule has 1 heterocycles. The summed E-state index contributed by atoms with van der Waals surface area (Å²) in [6.07, 6.45) is 4.00. The van der Waals surface area contributed by atoms with Crippen molar-refractivity contribution in [2.45, 2.75) is 44.7 Å². The molecule has 1 unspecified atom stereocenters. The van der Waals surface area contributed by atoms with Gasteiger partial charge in [0.2, 0.25) is 5.91 Å². The minimum Gasteiger partial charge on any atom is -0.508 e. The summed E-state index contributed by atoms with van der Waals surface area (Å²) in [5.74, 6) is 0.611. The lowest BCUT2D eigenvalue weighted by Crippen LogP contribution is -2.46. The van der Waals surface area contributed by atoms with E-state index in [1.165, 1.54) is 12.1 Å². The van der Waals surface area contributed by atoms with Gasteiger partial charge >= 0.3 is 0 Å². The van der Waals surface area contributed by atoms with Gasteiger partial charge in [-0.1, -0.05) is 43.2 Å². The fraction of sp³-hybridized carbons (Fsp3) is 0.310. The maximum Gasteiger partial charge on any atom is 0.259 e. The molecule has 1 fully saturated rings. The number of anilines is 1. The number of aryl methyl sites for hydroxylation is 1. The zero-order valence-electron chi connectivity index (χ0n) is 20.3. The summed E-state index contributed by atoms with van der Waals surface area (Å²) in [4.78, 5) is 29.6. The van der Waals surface area contributed by atoms with Crippen LogP contribution < -0.4 is 19.7 Å². The molecule has 5 rings (SSSR count). The van der Waals surface area contributed by atoms with E-state index in [1.807, 2.05) is 31.2 Å². The van der Waals surface area contributed by atoms with E-state index in [4.69, 9.17) is 9.47 Å². The van der Waals surface area contributed by atoms with Gasteiger partial charge in [-0.2, -0.15) is 0 Å². The van der Waals surface area contributed by atoms with Crippen LogP contribution in [-0.4, -0.2) is 36.2 Å². The van der Waals surface area contributed by atoms with Crippen molar-refractivity contribution in [2.24, 2.45) is 0 Å². The molecule has 186 valence electrons. The van der Waals surface area contributed by atoms with E-state index < -0.39 is 6.04 Å². The van der Waals surface area contributed by atoms with Gasteiger partial charge in [0.25, 0.3) is 5.91 Å². The highest BCUT2D eigenvalue weighted by atomic mass is 16.6. The molecule has 0 radical (unpaired) electrons. The number of carbonyl (C=O) groups is 2. The van der Waals surface area contributed by atoms with Crippen molar-refractivity contribution >= 4 is 17.5 Å². The number of hydrogen-bond acceptors (Lipinski definition) is 5. The van der Waals surface area contributed by atoms with Crippen LogP contribution in [0.2, 0.25) is 0 Å². The second-order valence-corrected chi connectivity index (χ2v) is 9.30. The fourth-order valence-corrected chi connectivity index (χ4v) is 4.94. The van der Waals surface area contributed by atoms with Crippen LogP contribution in [0.4, 0.5) is 5.69 Å². The first-order chi connectivity index (χ1) is 17.5. The Labute approximate surface area is 210 Å². The number of phenolic OH excluding ortho intramolecular Hbond substituents is 1. The molecule has 2 amide bonds. The molecule has 2 N–H and O–H groups in total. The summed E-state index contributed by atoms with van der Waals surface area (Å²) in [5, 5.41) is 13.1. The molecule has 0 aromatic heterocycles. The molecular formula is C29H30N2O5. The Hall–Kier alpha value is -4.00. The van der Waals surface area contributed by atoms with Gasteiger partial charge in [-0.25, -0.2) is 0 Å². The topological polar surface area (TPSA) is 88.1 Å². The molecule has 1 aliphatic heterocycles. The van der Waals surface area contributed by atoms with Gasteiger partial charge in [0.05, 0.1) is 0 Å². The summed E-state index contributed by atoms with van der Waals surface area (Å²) in [6, 6.07) is 18.2. The van der Waals surface area contributed by atoms with Crippen molar-refractivity contribution in [3.8, 4) is 17.2 Å². The fourth-order valence-electron chi connectivity index (χ4n) is 4.94. The van der Waals surface area contributed by atoms with Gasteiger partial charge in [0, 0.05) is 17.3 Å². The molecule has 3 aromatic rings. The number of fused-ring (bicyclic) bond motifs is 1. The van der Waals surface area contributed by atoms with Crippen molar-refractivity contribution < 1.29 is 24.2 Å². The van der Waals surface area contributed by atoms with Crippen molar-refractivity contribution in [3.05, 3.63) is 83.4 Å². The summed E-state index contributed by atoms with van der Waals surface area (Å²) < 4.78 is 11.3. The average molecular weight is 487 g/mol. The number of carbonyl (C=O) groups excluding carboxylic acids is 2. The number of aromatic hydroxyl groups is 1. The molecule has 1 saturated carbocycles. The first kappa shape index (κ1) is 23.7. The number of rotatable bonds is 6. The lowest BCUT2D eigenvalue weighted by molar-refractivity contribution is -0.123. The molecule has 3 aromatic carbocycles. The summed E-state index contributed by atoms with van der Waals surface area (Å²) in [5.41, 5.74) is 2.50. The van der Waals surface area contributed by atoms with Gasteiger partial charge in [-0.05, 0) is 67.3 Å². The quantitative estimate of drug-likeness (QED) is 0.517. The molecular weight excluding hydrogens is 456 g/mol. The zero-order valence-corrected chi connectivity index (χ0v) is 20.3. The first-order valence-corrected chi connectivity index (χ1v) is 12.4. The SMILES string of the molecule is Cc1ccccc1N(C(=O)c1ccc2c(c1)OCCO2)C(C(=O)NC1CCCC1)c1ccc(O)cc1. The van der Waals surface area contributed by atoms with Crippen LogP contribution in [-0.2, 0) is 4.79 Å². The van der Waals surface area contributed by atoms with Gasteiger partial charge in [-0.15, -0.1) is 0 Å². The monoisotopic (exact) mass is 486 g/mol. The van der Waals surface area contributed by atoms with Gasteiger partial charge in [-0.3, -0.25) is 14.5 Å². The third-order valence-electron chi connectivity index (χ3n) is 6.80. The number of amides is 2. The van der Waals surface area contributed by atoms with E-state index >= 15 is 0 Å². The second kappa shape index (κ2) is 10.3. The zero-order chi connectivity index (χ0) is 25.1. The van der Waals surface area contributed by atoms with Crippen molar-refractivity contribution in [2.75, 3.05) is 18.1 Å². The van der Waals surface area contributed by atoms with Crippen LogP contribution >= 0.6 is 0 Å². The van der Waals surface area contributed by atoms with Crippen molar-refractivity contribution in [1.82, 2.24) is 5.32 Å². The highest BCUT2D eigenvalue weighted by Gasteiger charge is 2.36. The number of nitrogens with zero attached hydrogens (tertiary/aromatic N) is 1. The van der Waals surface area contributed by atoms with Crippen LogP contribution in [0.5, 0.6) is 17.2 Å². The van der Waals surface area contributed by atoms with E-state index in [1.54, 1.807) is 35.2 Å². The summed E-state index contributed by atoms with van der Waals surface area (Å²) >= 11 is 0. The molecule has 0 saturated heterocycles. The minimum atomic E-state index is -0.937. The van der Waals surface area contributed by atoms with E-state index in [0.717, 1.165) is 31.2 Å². The van der Waals surface area contributed by atoms with Crippen molar-refractivity contribution in [3.63, 3.8) is 0 Å². The number of hydrogen-bond donors (Lipinski definition) is 2. The Balaban J connectivity index is 1.61. The Morgan fingerprint density at radius 3 is 2.36 bits per heavy atom. The molecule has 36 heavy (non-hydrogen) atoms. The number of ether oxygens (including phenoxy) is 2. The van der Waals surface area contributed by atoms with E-state index in [-0.39, 0.29) is 23.6 Å². The lowest BCUT2D eigenvalue weighted by atomic mass is 9.99. The van der Waals surface area contributed by atoms with Crippen LogP contribution in [0.15, 0.2) is 66.7 Å². The maximum atomic E-state index is 14.2. The number of benzene rings is 3. The van der Waals surface area contributed by atoms with Crippen LogP contribution in [0.3, 0.4) is 0 Å². The smallest absolute Gasteiger partial charge is 0.259 e. The normalized spacial score (nSPS) is 15.8. The largest absolute Gasteiger partial charge is 0.508 e. The molecule has 0 bridgehead atoms. The number of nitrogens with one attached hydrogen (secondary N) is 1. The Morgan fingerprint density at radius 1 is 0.944 bits per heavy atom. The molecule has 1 aliphatic carbocycles. The molecule has 7 nitrogen and oxygen atoms in total. The van der Waals surface area contributed by atoms with E-state index in [2.05, 4.69) is 5.32 Å². The first-order valence-electron chi connectivity index (χ1n) is 12.4. The number of para-hydroxylation sites is 1. The lowest BCUT2D eigenvalue weighted by Gasteiger charge is -2.33. The van der Waals surface area contributed by atoms with E-state index in [0.29, 0.717) is 41.5 Å². The van der Waals surface area contributed by atoms with Crippen LogP contribution in [0.25, 0.3) is 0 Å². The number of phenols is 1. The highest BCUT2D eigenvalue weighted by Crippen LogP contribution is 2.36. The molecule has 7 heteroatoms. The molecule has 1 atom stereocenters. The maximum absolute atomic E-state index is 14.2. The van der Waals surface area contributed by atoms with Gasteiger partial charge in [0.1, 0.15) is 25.0 Å². The second-order valence-electron chi connectivity index (χ2n) is 9.30. The van der Waals surface area contributed by atoms with Gasteiger partial charge < -0.3 is 19.9 Å². The average Bonchev–Trinajstić information content (AvgIpc) is 3.41. The molecule has 2 aliphatic rings. The Bertz CT molecular complexity index is 1250. The predicted octanol–water partition coefficient (Wildman–Crippen LogP) is 4.92. The predicted molar refractivity (Wildman–Crippen MR) is 137 cm³/mol. The highest BCUT2D eigenvalue weighted by molar-refractivity contribution is 6.10. The summed E-state index contributed by atoms with van der Waals surface area (Å²) in [7, 11) is 0. The van der Waals surface area contributed by atoms with Crippen LogP contribution in [0, 0.1) is 6.92 Å². The third-order valence-corrected chi connectivity index (χ3v) is 6.80. The van der Waals surface area contributed by atoms with E-state index in [9.17, 15) is 14.7 Å². The minimum absolute atomic E-state index is 0.0835. The molecule has 0 spiro atoms. The van der Waals surface area contributed by atoms with Gasteiger partial charge in [0.15, 0.2) is 11.5 Å². The van der Waals surface area contributed by atoms with Crippen LogP contribution in [0.1, 0.15) is 53.2 Å². The Kier molecular flexibility index (Phi) is 6.80. The third kappa shape index (κ3) is 4.87.